The number of carbonyl (C=O) groups excluding carboxylic acids is 2. The van der Waals surface area contributed by atoms with Crippen LogP contribution < -0.4 is 20.7 Å². The number of fused-ring (bicyclic) bond motifs is 1. The van der Waals surface area contributed by atoms with Gasteiger partial charge in [-0.2, -0.15) is 13.2 Å². The van der Waals surface area contributed by atoms with Gasteiger partial charge in [0.05, 0.1) is 16.3 Å². The largest absolute Gasteiger partial charge is 0.480 e. The average Bonchev–Trinajstić information content (AvgIpc) is 2.58. The maximum atomic E-state index is 12.8. The lowest BCUT2D eigenvalue weighted by Crippen LogP contribution is -2.44. The Bertz CT molecular complexity index is 920. The van der Waals surface area contributed by atoms with E-state index in [0.717, 1.165) is 17.0 Å². The number of halogens is 4. The zero-order valence-electron chi connectivity index (χ0n) is 13.5. The third kappa shape index (κ3) is 4.05. The van der Waals surface area contributed by atoms with Crippen LogP contribution in [0, 0.1) is 0 Å². The molecule has 2 heterocycles. The molecule has 1 aromatic carbocycles. The molecule has 2 amide bonds. The van der Waals surface area contributed by atoms with Crippen LogP contribution in [0.4, 0.5) is 30.5 Å². The summed E-state index contributed by atoms with van der Waals surface area (Å²) in [6.45, 7) is -0.811. The quantitative estimate of drug-likeness (QED) is 0.825. The summed E-state index contributed by atoms with van der Waals surface area (Å²) >= 11 is 5.85. The first-order valence-electron chi connectivity index (χ1n) is 7.51. The Morgan fingerprint density at radius 3 is 2.78 bits per heavy atom. The summed E-state index contributed by atoms with van der Waals surface area (Å²) in [6.07, 6.45) is -4.59. The molecule has 0 saturated heterocycles. The van der Waals surface area contributed by atoms with E-state index in [0.29, 0.717) is 6.07 Å². The molecule has 2 aromatic rings. The number of aromatic nitrogens is 1. The smallest absolute Gasteiger partial charge is 0.416 e. The van der Waals surface area contributed by atoms with Crippen molar-refractivity contribution >= 4 is 40.7 Å². The van der Waals surface area contributed by atoms with E-state index in [1.165, 1.54) is 12.1 Å². The highest BCUT2D eigenvalue weighted by atomic mass is 35.5. The Balaban J connectivity index is 1.81. The minimum atomic E-state index is -4.59. The predicted molar refractivity (Wildman–Crippen MR) is 91.6 cm³/mol. The zero-order valence-corrected chi connectivity index (χ0v) is 14.3. The van der Waals surface area contributed by atoms with Crippen molar-refractivity contribution in [1.29, 1.82) is 0 Å². The van der Waals surface area contributed by atoms with Crippen LogP contribution in [0.25, 0.3) is 0 Å². The van der Waals surface area contributed by atoms with Crippen molar-refractivity contribution in [2.24, 2.45) is 0 Å². The Labute approximate surface area is 155 Å². The summed E-state index contributed by atoms with van der Waals surface area (Å²) < 4.78 is 43.7. The molecule has 0 radical (unpaired) electrons. The van der Waals surface area contributed by atoms with E-state index in [2.05, 4.69) is 10.3 Å². The van der Waals surface area contributed by atoms with E-state index >= 15 is 0 Å². The number of ether oxygens (including phenoxy) is 1. The summed E-state index contributed by atoms with van der Waals surface area (Å²) in [4.78, 5) is 29.4. The lowest BCUT2D eigenvalue weighted by molar-refractivity contribution is -0.137. The van der Waals surface area contributed by atoms with Crippen LogP contribution in [0.2, 0.25) is 5.02 Å². The van der Waals surface area contributed by atoms with Gasteiger partial charge in [0.15, 0.2) is 18.2 Å². The van der Waals surface area contributed by atoms with Crippen molar-refractivity contribution < 1.29 is 27.5 Å². The highest BCUT2D eigenvalue weighted by Gasteiger charge is 2.32. The second kappa shape index (κ2) is 6.95. The number of pyridine rings is 1. The maximum absolute atomic E-state index is 12.8. The van der Waals surface area contributed by atoms with Gasteiger partial charge in [-0.25, -0.2) is 4.98 Å². The van der Waals surface area contributed by atoms with Gasteiger partial charge in [-0.15, -0.1) is 0 Å². The minimum Gasteiger partial charge on any atom is -0.480 e. The number of benzene rings is 1. The lowest BCUT2D eigenvalue weighted by Gasteiger charge is -2.27. The summed E-state index contributed by atoms with van der Waals surface area (Å²) in [5.74, 6) is -0.892. The van der Waals surface area contributed by atoms with E-state index < -0.39 is 30.1 Å². The standard InChI is InChI=1S/C16H12ClF3N4O3/c17-9-2-1-8(16(18,19)20)5-10(9)22-13(25)6-24-14(26)7-27-11-3-4-12(21)23-15(11)24/h1-5H,6-7H2,(H2,21,23)(H,22,25). The van der Waals surface area contributed by atoms with Crippen LogP contribution in [0.1, 0.15) is 5.56 Å². The number of nitrogens with two attached hydrogens (primary N) is 1. The van der Waals surface area contributed by atoms with Crippen molar-refractivity contribution in [2.45, 2.75) is 6.18 Å². The molecular weight excluding hydrogens is 389 g/mol. The van der Waals surface area contributed by atoms with Crippen LogP contribution in [-0.4, -0.2) is 29.9 Å². The molecule has 0 saturated carbocycles. The molecule has 3 rings (SSSR count). The molecule has 7 nitrogen and oxygen atoms in total. The molecular formula is C16H12ClF3N4O3. The van der Waals surface area contributed by atoms with Gasteiger partial charge in [-0.3, -0.25) is 14.5 Å². The summed E-state index contributed by atoms with van der Waals surface area (Å²) in [5, 5.41) is 2.19. The second-order valence-electron chi connectivity index (χ2n) is 5.57. The molecule has 3 N–H and O–H groups in total. The minimum absolute atomic E-state index is 0.0524. The van der Waals surface area contributed by atoms with Crippen molar-refractivity contribution in [3.05, 3.63) is 40.9 Å². The number of alkyl halides is 3. The van der Waals surface area contributed by atoms with Gasteiger partial charge < -0.3 is 15.8 Å². The number of carbonyl (C=O) groups is 2. The first-order chi connectivity index (χ1) is 12.6. The molecule has 0 fully saturated rings. The van der Waals surface area contributed by atoms with E-state index in [1.807, 2.05) is 0 Å². The summed E-state index contributed by atoms with van der Waals surface area (Å²) in [5.41, 5.74) is 4.40. The van der Waals surface area contributed by atoms with E-state index in [1.54, 1.807) is 0 Å². The Kier molecular flexibility index (Phi) is 4.83. The fourth-order valence-electron chi connectivity index (χ4n) is 2.39. The fourth-order valence-corrected chi connectivity index (χ4v) is 2.55. The number of nitrogens with zero attached hydrogens (tertiary/aromatic N) is 2. The average molecular weight is 401 g/mol. The highest BCUT2D eigenvalue weighted by molar-refractivity contribution is 6.33. The van der Waals surface area contributed by atoms with Gasteiger partial charge in [0.25, 0.3) is 5.91 Å². The van der Waals surface area contributed by atoms with Crippen molar-refractivity contribution in [2.75, 3.05) is 29.1 Å². The van der Waals surface area contributed by atoms with Gasteiger partial charge >= 0.3 is 6.18 Å². The second-order valence-corrected chi connectivity index (χ2v) is 5.97. The predicted octanol–water partition coefficient (Wildman–Crippen LogP) is 2.70. The zero-order chi connectivity index (χ0) is 19.8. The molecule has 0 atom stereocenters. The number of hydrogen-bond donors (Lipinski definition) is 2. The van der Waals surface area contributed by atoms with E-state index in [9.17, 15) is 22.8 Å². The van der Waals surface area contributed by atoms with Crippen LogP contribution in [-0.2, 0) is 15.8 Å². The third-order valence-electron chi connectivity index (χ3n) is 3.64. The van der Waals surface area contributed by atoms with Crippen LogP contribution >= 0.6 is 11.6 Å². The Morgan fingerprint density at radius 1 is 1.33 bits per heavy atom. The number of amides is 2. The number of nitrogen functional groups attached to an aromatic ring is 1. The molecule has 1 aliphatic heterocycles. The van der Waals surface area contributed by atoms with Crippen LogP contribution in [0.5, 0.6) is 5.75 Å². The van der Waals surface area contributed by atoms with Crippen LogP contribution in [0.15, 0.2) is 30.3 Å². The molecule has 0 spiro atoms. The van der Waals surface area contributed by atoms with Gasteiger partial charge in [0.1, 0.15) is 12.4 Å². The maximum Gasteiger partial charge on any atom is 0.416 e. The number of rotatable bonds is 3. The van der Waals surface area contributed by atoms with E-state index in [4.69, 9.17) is 22.1 Å². The summed E-state index contributed by atoms with van der Waals surface area (Å²) in [7, 11) is 0. The van der Waals surface area contributed by atoms with Crippen LogP contribution in [0.3, 0.4) is 0 Å². The number of anilines is 3. The lowest BCUT2D eigenvalue weighted by atomic mass is 10.2. The Hall–Kier alpha value is -3.01. The third-order valence-corrected chi connectivity index (χ3v) is 3.97. The molecule has 1 aliphatic rings. The first-order valence-corrected chi connectivity index (χ1v) is 7.89. The molecule has 0 aliphatic carbocycles. The van der Waals surface area contributed by atoms with Gasteiger partial charge in [0.2, 0.25) is 5.91 Å². The molecule has 1 aromatic heterocycles. The molecule has 0 unspecified atom stereocenters. The molecule has 0 bridgehead atoms. The van der Waals surface area contributed by atoms with Gasteiger partial charge in [-0.05, 0) is 30.3 Å². The van der Waals surface area contributed by atoms with Crippen molar-refractivity contribution in [1.82, 2.24) is 4.98 Å². The summed E-state index contributed by atoms with van der Waals surface area (Å²) in [6, 6.07) is 5.50. The highest BCUT2D eigenvalue weighted by Crippen LogP contribution is 2.34. The normalized spacial score (nSPS) is 13.8. The topological polar surface area (TPSA) is 97.5 Å². The number of hydrogen-bond acceptors (Lipinski definition) is 5. The van der Waals surface area contributed by atoms with E-state index in [-0.39, 0.29) is 34.7 Å². The van der Waals surface area contributed by atoms with Gasteiger partial charge in [0, 0.05) is 0 Å². The van der Waals surface area contributed by atoms with Gasteiger partial charge in [-0.1, -0.05) is 11.6 Å². The van der Waals surface area contributed by atoms with Crippen molar-refractivity contribution in [3.8, 4) is 5.75 Å². The molecule has 27 heavy (non-hydrogen) atoms. The van der Waals surface area contributed by atoms with Crippen molar-refractivity contribution in [3.63, 3.8) is 0 Å². The SMILES string of the molecule is Nc1ccc2c(n1)N(CC(=O)Nc1cc(C(F)(F)F)ccc1Cl)C(=O)CO2. The molecule has 11 heteroatoms. The number of nitrogens with one attached hydrogen (secondary N) is 1. The monoisotopic (exact) mass is 400 g/mol. The first kappa shape index (κ1) is 18.8. The Morgan fingerprint density at radius 2 is 2.07 bits per heavy atom. The fraction of sp³-hybridized carbons (Fsp3) is 0.188. The molecule has 142 valence electrons.